The van der Waals surface area contributed by atoms with Crippen molar-refractivity contribution in [2.24, 2.45) is 5.92 Å². The van der Waals surface area contributed by atoms with Crippen molar-refractivity contribution in [2.45, 2.75) is 55.6 Å². The van der Waals surface area contributed by atoms with Gasteiger partial charge in [-0.3, -0.25) is 4.79 Å². The molecule has 0 saturated heterocycles. The van der Waals surface area contributed by atoms with Gasteiger partial charge < -0.3 is 4.74 Å². The van der Waals surface area contributed by atoms with E-state index in [0.29, 0.717) is 17.9 Å². The Morgan fingerprint density at radius 1 is 1.27 bits per heavy atom. The van der Waals surface area contributed by atoms with Crippen molar-refractivity contribution < 1.29 is 17.9 Å². The van der Waals surface area contributed by atoms with Gasteiger partial charge in [-0.2, -0.15) is 0 Å². The highest BCUT2D eigenvalue weighted by Crippen LogP contribution is 2.44. The molecular weight excluding hydrogens is 300 g/mol. The van der Waals surface area contributed by atoms with E-state index in [4.69, 9.17) is 4.74 Å². The molecule has 0 unspecified atom stereocenters. The molecule has 0 amide bonds. The number of benzene rings is 1. The van der Waals surface area contributed by atoms with Crippen molar-refractivity contribution in [1.29, 1.82) is 0 Å². The van der Waals surface area contributed by atoms with Crippen LogP contribution in [0.25, 0.3) is 0 Å². The smallest absolute Gasteiger partial charge is 0.306 e. The topological polar surface area (TPSA) is 60.4 Å². The Morgan fingerprint density at radius 3 is 2.59 bits per heavy atom. The molecule has 1 aliphatic rings. The van der Waals surface area contributed by atoms with Crippen LogP contribution in [0, 0.1) is 5.92 Å². The molecule has 0 bridgehead atoms. The highest BCUT2D eigenvalue weighted by atomic mass is 32.2. The number of esters is 1. The van der Waals surface area contributed by atoms with Gasteiger partial charge in [-0.25, -0.2) is 8.42 Å². The van der Waals surface area contributed by atoms with Crippen LogP contribution in [0.2, 0.25) is 0 Å². The fraction of sp³-hybridized carbons (Fsp3) is 0.588. The lowest BCUT2D eigenvalue weighted by Crippen LogP contribution is -2.46. The van der Waals surface area contributed by atoms with E-state index in [-0.39, 0.29) is 18.3 Å². The maximum atomic E-state index is 13.1. The minimum absolute atomic E-state index is 0.177. The number of hydrogen-bond acceptors (Lipinski definition) is 4. The summed E-state index contributed by atoms with van der Waals surface area (Å²) in [6, 6.07) is 8.55. The Labute approximate surface area is 132 Å². The van der Waals surface area contributed by atoms with Crippen LogP contribution in [0.3, 0.4) is 0 Å². The summed E-state index contributed by atoms with van der Waals surface area (Å²) in [5, 5.41) is 0. The third-order valence-electron chi connectivity index (χ3n) is 4.73. The average molecular weight is 324 g/mol. The van der Waals surface area contributed by atoms with E-state index in [1.165, 1.54) is 0 Å². The highest BCUT2D eigenvalue weighted by molar-refractivity contribution is 7.92. The number of ether oxygens (including phenoxy) is 1. The van der Waals surface area contributed by atoms with E-state index in [9.17, 15) is 13.2 Å². The molecule has 22 heavy (non-hydrogen) atoms. The van der Waals surface area contributed by atoms with Gasteiger partial charge in [0.2, 0.25) is 0 Å². The first-order valence-electron chi connectivity index (χ1n) is 7.87. The van der Waals surface area contributed by atoms with Crippen LogP contribution >= 0.6 is 0 Å². The lowest BCUT2D eigenvalue weighted by molar-refractivity contribution is -0.144. The summed E-state index contributed by atoms with van der Waals surface area (Å²) >= 11 is 0. The van der Waals surface area contributed by atoms with Crippen molar-refractivity contribution in [3.8, 4) is 0 Å². The van der Waals surface area contributed by atoms with Gasteiger partial charge in [-0.1, -0.05) is 31.0 Å². The lowest BCUT2D eigenvalue weighted by atomic mass is 9.78. The van der Waals surface area contributed by atoms with Crippen LogP contribution in [-0.2, 0) is 19.4 Å². The Balaban J connectivity index is 2.33. The van der Waals surface area contributed by atoms with Crippen LogP contribution in [0.15, 0.2) is 35.2 Å². The normalized spacial score (nSPS) is 25.6. The average Bonchev–Trinajstić information content (AvgIpc) is 2.50. The van der Waals surface area contributed by atoms with Crippen LogP contribution in [-0.4, -0.2) is 25.7 Å². The molecule has 2 atom stereocenters. The third-order valence-corrected chi connectivity index (χ3v) is 7.38. The maximum Gasteiger partial charge on any atom is 0.306 e. The molecule has 2 rings (SSSR count). The van der Waals surface area contributed by atoms with E-state index < -0.39 is 14.6 Å². The minimum Gasteiger partial charge on any atom is -0.466 e. The fourth-order valence-corrected chi connectivity index (χ4v) is 5.44. The standard InChI is InChI=1S/C17H24O4S/c1-3-21-16(18)13-14-9-7-8-12-17(14,2)22(19,20)15-10-5-4-6-11-15/h4-6,10-11,14H,3,7-9,12-13H2,1-2H3/t14-,17+/m1/s1. The van der Waals surface area contributed by atoms with Crippen molar-refractivity contribution in [2.75, 3.05) is 6.61 Å². The van der Waals surface area contributed by atoms with E-state index in [2.05, 4.69) is 0 Å². The van der Waals surface area contributed by atoms with Gasteiger partial charge in [0, 0.05) is 6.42 Å². The number of hydrogen-bond donors (Lipinski definition) is 0. The molecule has 1 fully saturated rings. The molecular formula is C17H24O4S. The summed E-state index contributed by atoms with van der Waals surface area (Å²) in [5.41, 5.74) is 0. The summed E-state index contributed by atoms with van der Waals surface area (Å²) in [5.74, 6) is -0.491. The molecule has 0 aromatic heterocycles. The second kappa shape index (κ2) is 6.82. The summed E-state index contributed by atoms with van der Waals surface area (Å²) in [6.07, 6.45) is 3.36. The molecule has 0 aliphatic heterocycles. The van der Waals surface area contributed by atoms with Crippen LogP contribution < -0.4 is 0 Å². The van der Waals surface area contributed by atoms with Gasteiger partial charge in [0.25, 0.3) is 0 Å². The monoisotopic (exact) mass is 324 g/mol. The number of sulfone groups is 1. The SMILES string of the molecule is CCOC(=O)C[C@H]1CCCC[C@]1(C)S(=O)(=O)c1ccccc1. The first-order valence-corrected chi connectivity index (χ1v) is 9.35. The Morgan fingerprint density at radius 2 is 1.95 bits per heavy atom. The molecule has 122 valence electrons. The lowest BCUT2D eigenvalue weighted by Gasteiger charge is -2.40. The predicted molar refractivity (Wildman–Crippen MR) is 85.2 cm³/mol. The van der Waals surface area contributed by atoms with E-state index in [1.807, 2.05) is 0 Å². The second-order valence-corrected chi connectivity index (χ2v) is 8.49. The largest absolute Gasteiger partial charge is 0.466 e. The zero-order valence-corrected chi connectivity index (χ0v) is 14.1. The highest BCUT2D eigenvalue weighted by Gasteiger charge is 2.48. The van der Waals surface area contributed by atoms with Gasteiger partial charge in [0.1, 0.15) is 0 Å². The van der Waals surface area contributed by atoms with Crippen LogP contribution in [0.1, 0.15) is 46.0 Å². The zero-order valence-electron chi connectivity index (χ0n) is 13.2. The molecule has 1 saturated carbocycles. The number of carbonyl (C=O) groups is 1. The predicted octanol–water partition coefficient (Wildman–Crippen LogP) is 3.36. The molecule has 5 heteroatoms. The summed E-state index contributed by atoms with van der Waals surface area (Å²) in [7, 11) is -3.48. The molecule has 1 aliphatic carbocycles. The minimum atomic E-state index is -3.48. The molecule has 4 nitrogen and oxygen atoms in total. The van der Waals surface area contributed by atoms with Crippen molar-refractivity contribution in [1.82, 2.24) is 0 Å². The van der Waals surface area contributed by atoms with Crippen molar-refractivity contribution in [3.63, 3.8) is 0 Å². The van der Waals surface area contributed by atoms with Crippen molar-refractivity contribution >= 4 is 15.8 Å². The van der Waals surface area contributed by atoms with E-state index in [0.717, 1.165) is 19.3 Å². The van der Waals surface area contributed by atoms with Gasteiger partial charge in [0.15, 0.2) is 9.84 Å². The fourth-order valence-electron chi connectivity index (χ4n) is 3.34. The summed E-state index contributed by atoms with van der Waals surface area (Å²) in [6.45, 7) is 3.88. The summed E-state index contributed by atoms with van der Waals surface area (Å²) < 4.78 is 30.3. The zero-order chi connectivity index (χ0) is 16.2. The maximum absolute atomic E-state index is 13.1. The number of rotatable bonds is 5. The Hall–Kier alpha value is -1.36. The van der Waals surface area contributed by atoms with E-state index in [1.54, 1.807) is 44.2 Å². The summed E-state index contributed by atoms with van der Waals surface area (Å²) in [4.78, 5) is 12.2. The van der Waals surface area contributed by atoms with Gasteiger partial charge in [-0.05, 0) is 44.7 Å². The van der Waals surface area contributed by atoms with Crippen molar-refractivity contribution in [3.05, 3.63) is 30.3 Å². The van der Waals surface area contributed by atoms with Crippen LogP contribution in [0.5, 0.6) is 0 Å². The van der Waals surface area contributed by atoms with Gasteiger partial charge in [-0.15, -0.1) is 0 Å². The first kappa shape index (κ1) is 17.0. The van der Waals surface area contributed by atoms with Gasteiger partial charge in [0.05, 0.1) is 16.2 Å². The molecule has 0 radical (unpaired) electrons. The molecule has 1 aromatic carbocycles. The Kier molecular flexibility index (Phi) is 5.27. The third kappa shape index (κ3) is 3.19. The molecule has 0 N–H and O–H groups in total. The quantitative estimate of drug-likeness (QED) is 0.779. The van der Waals surface area contributed by atoms with Crippen LogP contribution in [0.4, 0.5) is 0 Å². The molecule has 1 aromatic rings. The first-order chi connectivity index (χ1) is 10.4. The molecule has 0 spiro atoms. The number of carbonyl (C=O) groups excluding carboxylic acids is 1. The van der Waals surface area contributed by atoms with E-state index >= 15 is 0 Å². The Bertz CT molecular complexity index is 609. The molecule has 0 heterocycles. The second-order valence-electron chi connectivity index (χ2n) is 6.08. The van der Waals surface area contributed by atoms with Gasteiger partial charge >= 0.3 is 5.97 Å².